The fraction of sp³-hybridized carbons (Fsp3) is 0.250. The quantitative estimate of drug-likeness (QED) is 0.734. The topological polar surface area (TPSA) is 50.9 Å². The summed E-state index contributed by atoms with van der Waals surface area (Å²) in [7, 11) is 0. The molecule has 1 aromatic carbocycles. The van der Waals surface area contributed by atoms with E-state index in [0.29, 0.717) is 0 Å². The first-order chi connectivity index (χ1) is 7.20. The second-order valence-electron chi connectivity index (χ2n) is 3.62. The highest BCUT2D eigenvalue weighted by Crippen LogP contribution is 2.24. The lowest BCUT2D eigenvalue weighted by Gasteiger charge is -2.09. The maximum Gasteiger partial charge on any atom is 0.0727 e. The van der Waals surface area contributed by atoms with Crippen LogP contribution in [0.3, 0.4) is 0 Å². The fourth-order valence-electron chi connectivity index (χ4n) is 1.71. The van der Waals surface area contributed by atoms with Crippen LogP contribution in [0.5, 0.6) is 0 Å². The zero-order chi connectivity index (χ0) is 10.8. The summed E-state index contributed by atoms with van der Waals surface area (Å²) in [5.74, 6) is 0. The van der Waals surface area contributed by atoms with E-state index in [4.69, 9.17) is 5.73 Å². The van der Waals surface area contributed by atoms with Gasteiger partial charge in [-0.05, 0) is 38.1 Å². The van der Waals surface area contributed by atoms with Crippen LogP contribution >= 0.6 is 0 Å². The molecule has 1 heterocycles. The Morgan fingerprint density at radius 3 is 2.87 bits per heavy atom. The van der Waals surface area contributed by atoms with E-state index in [0.717, 1.165) is 34.5 Å². The monoisotopic (exact) mass is 201 g/mol. The first-order valence-corrected chi connectivity index (χ1v) is 5.11. The smallest absolute Gasteiger partial charge is 0.0727 e. The molecule has 3 nitrogen and oxygen atoms in total. The van der Waals surface area contributed by atoms with Crippen molar-refractivity contribution in [1.82, 2.24) is 4.98 Å². The van der Waals surface area contributed by atoms with E-state index in [-0.39, 0.29) is 0 Å². The molecular weight excluding hydrogens is 186 g/mol. The summed E-state index contributed by atoms with van der Waals surface area (Å²) in [6.07, 6.45) is 0. The number of rotatable bonds is 2. The molecule has 0 aliphatic carbocycles. The molecule has 0 radical (unpaired) electrons. The number of benzene rings is 1. The Morgan fingerprint density at radius 1 is 1.33 bits per heavy atom. The number of aromatic nitrogens is 1. The molecule has 0 aliphatic rings. The summed E-state index contributed by atoms with van der Waals surface area (Å²) in [5, 5.41) is 4.41. The van der Waals surface area contributed by atoms with Gasteiger partial charge in [-0.15, -0.1) is 0 Å². The van der Waals surface area contributed by atoms with Crippen molar-refractivity contribution in [1.29, 1.82) is 0 Å². The summed E-state index contributed by atoms with van der Waals surface area (Å²) in [6, 6.07) is 7.84. The van der Waals surface area contributed by atoms with E-state index >= 15 is 0 Å². The molecule has 0 bridgehead atoms. The number of nitrogens with one attached hydrogen (secondary N) is 1. The summed E-state index contributed by atoms with van der Waals surface area (Å²) >= 11 is 0. The number of nitrogens with zero attached hydrogens (tertiary/aromatic N) is 1. The van der Waals surface area contributed by atoms with E-state index in [1.165, 1.54) is 0 Å². The van der Waals surface area contributed by atoms with E-state index in [2.05, 4.69) is 17.2 Å². The third-order valence-corrected chi connectivity index (χ3v) is 2.33. The van der Waals surface area contributed by atoms with Crippen LogP contribution in [0, 0.1) is 6.92 Å². The van der Waals surface area contributed by atoms with Crippen molar-refractivity contribution in [3.05, 3.63) is 30.0 Å². The van der Waals surface area contributed by atoms with Crippen molar-refractivity contribution in [3.8, 4) is 0 Å². The molecule has 0 fully saturated rings. The second-order valence-corrected chi connectivity index (χ2v) is 3.62. The average Bonchev–Trinajstić information content (AvgIpc) is 2.19. The molecule has 0 saturated heterocycles. The van der Waals surface area contributed by atoms with Crippen molar-refractivity contribution in [3.63, 3.8) is 0 Å². The van der Waals surface area contributed by atoms with Gasteiger partial charge in [0.1, 0.15) is 0 Å². The van der Waals surface area contributed by atoms with E-state index in [1.807, 2.05) is 31.2 Å². The van der Waals surface area contributed by atoms with Crippen LogP contribution in [-0.2, 0) is 0 Å². The molecule has 3 N–H and O–H groups in total. The Balaban J connectivity index is 2.70. The highest BCUT2D eigenvalue weighted by molar-refractivity contribution is 5.93. The second kappa shape index (κ2) is 3.77. The van der Waals surface area contributed by atoms with Crippen LogP contribution in [0.4, 0.5) is 11.4 Å². The lowest BCUT2D eigenvalue weighted by Crippen LogP contribution is -1.99. The molecule has 15 heavy (non-hydrogen) atoms. The van der Waals surface area contributed by atoms with Crippen LogP contribution in [-0.4, -0.2) is 11.5 Å². The van der Waals surface area contributed by atoms with Gasteiger partial charge in [-0.1, -0.05) is 0 Å². The highest BCUT2D eigenvalue weighted by Gasteiger charge is 2.03. The Hall–Kier alpha value is -1.77. The van der Waals surface area contributed by atoms with Gasteiger partial charge >= 0.3 is 0 Å². The van der Waals surface area contributed by atoms with Crippen molar-refractivity contribution < 1.29 is 0 Å². The molecule has 1 aromatic heterocycles. The van der Waals surface area contributed by atoms with Crippen LogP contribution in [0.1, 0.15) is 12.6 Å². The Bertz CT molecular complexity index is 491. The number of aryl methyl sites for hydroxylation is 1. The SMILES string of the molecule is CCNc1cc(C)nc2ccc(N)cc12. The third kappa shape index (κ3) is 1.86. The minimum atomic E-state index is 0.771. The molecule has 0 saturated carbocycles. The molecule has 0 unspecified atom stereocenters. The number of anilines is 2. The largest absolute Gasteiger partial charge is 0.399 e. The van der Waals surface area contributed by atoms with Crippen molar-refractivity contribution >= 4 is 22.3 Å². The molecule has 0 atom stereocenters. The number of fused-ring (bicyclic) bond motifs is 1. The molecule has 0 spiro atoms. The zero-order valence-corrected chi connectivity index (χ0v) is 9.04. The molecule has 3 heteroatoms. The summed E-state index contributed by atoms with van der Waals surface area (Å²) in [6.45, 7) is 4.97. The lowest BCUT2D eigenvalue weighted by molar-refractivity contribution is 1.19. The fourth-order valence-corrected chi connectivity index (χ4v) is 1.71. The van der Waals surface area contributed by atoms with Gasteiger partial charge in [-0.25, -0.2) is 0 Å². The number of nitrogen functional groups attached to an aromatic ring is 1. The number of nitrogens with two attached hydrogens (primary N) is 1. The van der Waals surface area contributed by atoms with Crippen molar-refractivity contribution in [2.75, 3.05) is 17.6 Å². The van der Waals surface area contributed by atoms with Crippen LogP contribution in [0.15, 0.2) is 24.3 Å². The molecule has 78 valence electrons. The predicted octanol–water partition coefficient (Wildman–Crippen LogP) is 2.56. The number of pyridine rings is 1. The molecular formula is C12H15N3. The van der Waals surface area contributed by atoms with Crippen molar-refractivity contribution in [2.24, 2.45) is 0 Å². The molecule has 0 amide bonds. The standard InChI is InChI=1S/C12H15N3/c1-3-14-12-6-8(2)15-11-5-4-9(13)7-10(11)12/h4-7H,3,13H2,1-2H3,(H,14,15). The van der Waals surface area contributed by atoms with Crippen LogP contribution in [0.2, 0.25) is 0 Å². The third-order valence-electron chi connectivity index (χ3n) is 2.33. The Kier molecular flexibility index (Phi) is 2.46. The lowest BCUT2D eigenvalue weighted by atomic mass is 10.1. The maximum atomic E-state index is 5.77. The normalized spacial score (nSPS) is 10.5. The maximum absolute atomic E-state index is 5.77. The van der Waals surface area contributed by atoms with Gasteiger partial charge in [0.25, 0.3) is 0 Å². The van der Waals surface area contributed by atoms with Crippen molar-refractivity contribution in [2.45, 2.75) is 13.8 Å². The summed E-state index contributed by atoms with van der Waals surface area (Å²) < 4.78 is 0. The number of hydrogen-bond acceptors (Lipinski definition) is 3. The van der Waals surface area contributed by atoms with Gasteiger partial charge in [-0.3, -0.25) is 4.98 Å². The average molecular weight is 201 g/mol. The van der Waals surface area contributed by atoms with Gasteiger partial charge in [0.15, 0.2) is 0 Å². The van der Waals surface area contributed by atoms with Crippen LogP contribution in [0.25, 0.3) is 10.9 Å². The van der Waals surface area contributed by atoms with E-state index in [1.54, 1.807) is 0 Å². The molecule has 0 aliphatic heterocycles. The van der Waals surface area contributed by atoms with E-state index in [9.17, 15) is 0 Å². The molecule has 2 aromatic rings. The zero-order valence-electron chi connectivity index (χ0n) is 9.04. The summed E-state index contributed by atoms with van der Waals surface area (Å²) in [5.41, 5.74) is 9.65. The van der Waals surface area contributed by atoms with Gasteiger partial charge in [-0.2, -0.15) is 0 Å². The summed E-state index contributed by atoms with van der Waals surface area (Å²) in [4.78, 5) is 4.46. The minimum absolute atomic E-state index is 0.771. The van der Waals surface area contributed by atoms with E-state index < -0.39 is 0 Å². The number of hydrogen-bond donors (Lipinski definition) is 2. The van der Waals surface area contributed by atoms with Crippen LogP contribution < -0.4 is 11.1 Å². The molecule has 2 rings (SSSR count). The Labute approximate surface area is 89.3 Å². The first-order valence-electron chi connectivity index (χ1n) is 5.11. The van der Waals surface area contributed by atoms with Gasteiger partial charge in [0.05, 0.1) is 5.52 Å². The first kappa shape index (κ1) is 9.77. The predicted molar refractivity (Wildman–Crippen MR) is 65.1 cm³/mol. The minimum Gasteiger partial charge on any atom is -0.399 e. The highest BCUT2D eigenvalue weighted by atomic mass is 14.9. The van der Waals surface area contributed by atoms with Gasteiger partial charge in [0.2, 0.25) is 0 Å². The van der Waals surface area contributed by atoms with Gasteiger partial charge < -0.3 is 11.1 Å². The Morgan fingerprint density at radius 2 is 2.13 bits per heavy atom. The van der Waals surface area contributed by atoms with Gasteiger partial charge in [0, 0.05) is 29.0 Å².